The molecular formula is C15H11NO2S. The van der Waals surface area contributed by atoms with Crippen LogP contribution in [0.5, 0.6) is 0 Å². The first-order valence-electron chi connectivity index (χ1n) is 5.87. The Hall–Kier alpha value is -2.20. The lowest BCUT2D eigenvalue weighted by molar-refractivity contribution is 0.0702. The Balaban J connectivity index is 1.95. The third kappa shape index (κ3) is 2.48. The van der Waals surface area contributed by atoms with E-state index in [9.17, 15) is 4.79 Å². The molecule has 0 aliphatic rings. The Bertz CT molecular complexity index is 734. The molecule has 0 aliphatic heterocycles. The van der Waals surface area contributed by atoms with Crippen LogP contribution in [0.4, 0.5) is 0 Å². The molecule has 2 aromatic heterocycles. The smallest absolute Gasteiger partial charge is 0.345 e. The van der Waals surface area contributed by atoms with Gasteiger partial charge in [-0.05, 0) is 47.2 Å². The standard InChI is InChI=1S/C15H11NO2S/c17-15(18)14-8-12-7-10(3-4-13(12)19-14)6-11-2-1-5-16-9-11/h1-5,7-9H,6H2,(H,17,18). The zero-order valence-electron chi connectivity index (χ0n) is 10.0. The van der Waals surface area contributed by atoms with Crippen LogP contribution in [0.1, 0.15) is 20.8 Å². The number of pyridine rings is 1. The Morgan fingerprint density at radius 2 is 2.11 bits per heavy atom. The minimum atomic E-state index is -0.866. The van der Waals surface area contributed by atoms with E-state index in [-0.39, 0.29) is 0 Å². The Morgan fingerprint density at radius 1 is 1.21 bits per heavy atom. The van der Waals surface area contributed by atoms with Gasteiger partial charge in [0.25, 0.3) is 0 Å². The molecule has 0 fully saturated rings. The van der Waals surface area contributed by atoms with Crippen molar-refractivity contribution in [2.24, 2.45) is 0 Å². The number of rotatable bonds is 3. The summed E-state index contributed by atoms with van der Waals surface area (Å²) < 4.78 is 1.01. The topological polar surface area (TPSA) is 50.2 Å². The summed E-state index contributed by atoms with van der Waals surface area (Å²) in [7, 11) is 0. The van der Waals surface area contributed by atoms with Crippen molar-refractivity contribution in [3.8, 4) is 0 Å². The van der Waals surface area contributed by atoms with E-state index in [1.807, 2.05) is 36.5 Å². The van der Waals surface area contributed by atoms with E-state index in [1.54, 1.807) is 12.3 Å². The Labute approximate surface area is 114 Å². The van der Waals surface area contributed by atoms with Gasteiger partial charge in [-0.25, -0.2) is 4.79 Å². The predicted molar refractivity (Wildman–Crippen MR) is 75.8 cm³/mol. The molecule has 0 bridgehead atoms. The molecule has 0 radical (unpaired) electrons. The lowest BCUT2D eigenvalue weighted by Gasteiger charge is -2.01. The summed E-state index contributed by atoms with van der Waals surface area (Å²) in [6, 6.07) is 11.8. The molecule has 0 saturated carbocycles. The lowest BCUT2D eigenvalue weighted by atomic mass is 10.1. The molecule has 19 heavy (non-hydrogen) atoms. The third-order valence-electron chi connectivity index (χ3n) is 2.92. The van der Waals surface area contributed by atoms with E-state index < -0.39 is 5.97 Å². The van der Waals surface area contributed by atoms with Crippen molar-refractivity contribution in [3.63, 3.8) is 0 Å². The molecule has 1 N–H and O–H groups in total. The van der Waals surface area contributed by atoms with Gasteiger partial charge in [-0.2, -0.15) is 0 Å². The van der Waals surface area contributed by atoms with Crippen LogP contribution >= 0.6 is 11.3 Å². The molecular weight excluding hydrogens is 258 g/mol. The van der Waals surface area contributed by atoms with Crippen LogP contribution in [-0.4, -0.2) is 16.1 Å². The van der Waals surface area contributed by atoms with Crippen molar-refractivity contribution in [2.45, 2.75) is 6.42 Å². The van der Waals surface area contributed by atoms with Crippen LogP contribution in [0, 0.1) is 0 Å². The van der Waals surface area contributed by atoms with Gasteiger partial charge >= 0.3 is 5.97 Å². The van der Waals surface area contributed by atoms with Crippen LogP contribution < -0.4 is 0 Å². The first-order chi connectivity index (χ1) is 9.22. The fourth-order valence-electron chi connectivity index (χ4n) is 2.05. The predicted octanol–water partition coefficient (Wildman–Crippen LogP) is 3.59. The van der Waals surface area contributed by atoms with Crippen molar-refractivity contribution < 1.29 is 9.90 Å². The summed E-state index contributed by atoms with van der Waals surface area (Å²) in [5, 5.41) is 9.98. The van der Waals surface area contributed by atoms with E-state index >= 15 is 0 Å². The second-order valence-electron chi connectivity index (χ2n) is 4.33. The van der Waals surface area contributed by atoms with E-state index in [4.69, 9.17) is 5.11 Å². The monoisotopic (exact) mass is 269 g/mol. The number of aromatic carboxylic acids is 1. The lowest BCUT2D eigenvalue weighted by Crippen LogP contribution is -1.89. The fourth-order valence-corrected chi connectivity index (χ4v) is 2.93. The second kappa shape index (κ2) is 4.82. The number of carboxylic acid groups (broad SMARTS) is 1. The second-order valence-corrected chi connectivity index (χ2v) is 5.41. The summed E-state index contributed by atoms with van der Waals surface area (Å²) in [4.78, 5) is 15.4. The number of hydrogen-bond acceptors (Lipinski definition) is 3. The van der Waals surface area contributed by atoms with E-state index in [0.717, 1.165) is 27.6 Å². The summed E-state index contributed by atoms with van der Waals surface area (Å²) in [6.07, 6.45) is 4.41. The van der Waals surface area contributed by atoms with Crippen molar-refractivity contribution in [3.05, 3.63) is 64.8 Å². The SMILES string of the molecule is O=C(O)c1cc2cc(Cc3cccnc3)ccc2s1. The molecule has 0 spiro atoms. The number of fused-ring (bicyclic) bond motifs is 1. The highest BCUT2D eigenvalue weighted by atomic mass is 32.1. The van der Waals surface area contributed by atoms with Crippen LogP contribution in [0.25, 0.3) is 10.1 Å². The number of thiophene rings is 1. The molecule has 94 valence electrons. The van der Waals surface area contributed by atoms with Crippen LogP contribution in [-0.2, 0) is 6.42 Å². The maximum Gasteiger partial charge on any atom is 0.345 e. The van der Waals surface area contributed by atoms with Gasteiger partial charge in [0.2, 0.25) is 0 Å². The number of aromatic nitrogens is 1. The summed E-state index contributed by atoms with van der Waals surface area (Å²) in [5.41, 5.74) is 2.31. The number of carbonyl (C=O) groups is 1. The molecule has 0 aliphatic carbocycles. The molecule has 2 heterocycles. The zero-order chi connectivity index (χ0) is 13.2. The molecule has 4 heteroatoms. The number of nitrogens with zero attached hydrogens (tertiary/aromatic N) is 1. The highest BCUT2D eigenvalue weighted by molar-refractivity contribution is 7.20. The van der Waals surface area contributed by atoms with Crippen LogP contribution in [0.15, 0.2) is 48.8 Å². The molecule has 0 atom stereocenters. The number of benzene rings is 1. The maximum atomic E-state index is 10.9. The molecule has 3 nitrogen and oxygen atoms in total. The van der Waals surface area contributed by atoms with Crippen molar-refractivity contribution >= 4 is 27.4 Å². The summed E-state index contributed by atoms with van der Waals surface area (Å²) in [6.45, 7) is 0. The van der Waals surface area contributed by atoms with Crippen molar-refractivity contribution in [1.82, 2.24) is 4.98 Å². The van der Waals surface area contributed by atoms with Crippen LogP contribution in [0.2, 0.25) is 0 Å². The fraction of sp³-hybridized carbons (Fsp3) is 0.0667. The summed E-state index contributed by atoms with van der Waals surface area (Å²) in [5.74, 6) is -0.866. The molecule has 0 unspecified atom stereocenters. The van der Waals surface area contributed by atoms with Gasteiger partial charge < -0.3 is 5.11 Å². The first kappa shape index (κ1) is 11.9. The van der Waals surface area contributed by atoms with E-state index in [0.29, 0.717) is 4.88 Å². The van der Waals surface area contributed by atoms with Crippen LogP contribution in [0.3, 0.4) is 0 Å². The first-order valence-corrected chi connectivity index (χ1v) is 6.69. The van der Waals surface area contributed by atoms with Gasteiger partial charge in [0.1, 0.15) is 4.88 Å². The average Bonchev–Trinajstić information content (AvgIpc) is 2.83. The largest absolute Gasteiger partial charge is 0.477 e. The van der Waals surface area contributed by atoms with Gasteiger partial charge in [-0.1, -0.05) is 12.1 Å². The summed E-state index contributed by atoms with van der Waals surface area (Å²) >= 11 is 1.31. The highest BCUT2D eigenvalue weighted by Gasteiger charge is 2.08. The van der Waals surface area contributed by atoms with E-state index in [2.05, 4.69) is 4.98 Å². The minimum absolute atomic E-state index is 0.383. The quantitative estimate of drug-likeness (QED) is 0.790. The number of hydrogen-bond donors (Lipinski definition) is 1. The van der Waals surface area contributed by atoms with E-state index in [1.165, 1.54) is 11.3 Å². The van der Waals surface area contributed by atoms with Gasteiger partial charge in [-0.3, -0.25) is 4.98 Å². The molecule has 0 amide bonds. The molecule has 0 saturated heterocycles. The average molecular weight is 269 g/mol. The minimum Gasteiger partial charge on any atom is -0.477 e. The van der Waals surface area contributed by atoms with Crippen molar-refractivity contribution in [1.29, 1.82) is 0 Å². The van der Waals surface area contributed by atoms with Gasteiger partial charge in [-0.15, -0.1) is 11.3 Å². The molecule has 3 aromatic rings. The maximum absolute atomic E-state index is 10.9. The van der Waals surface area contributed by atoms with Gasteiger partial charge in [0.05, 0.1) is 0 Å². The Kier molecular flexibility index (Phi) is 3.01. The normalized spacial score (nSPS) is 10.7. The Morgan fingerprint density at radius 3 is 2.84 bits per heavy atom. The number of carboxylic acids is 1. The van der Waals surface area contributed by atoms with Crippen molar-refractivity contribution in [2.75, 3.05) is 0 Å². The molecule has 1 aromatic carbocycles. The van der Waals surface area contributed by atoms with Gasteiger partial charge in [0, 0.05) is 17.1 Å². The zero-order valence-corrected chi connectivity index (χ0v) is 10.9. The third-order valence-corrected chi connectivity index (χ3v) is 4.03. The molecule has 3 rings (SSSR count). The van der Waals surface area contributed by atoms with Gasteiger partial charge in [0.15, 0.2) is 0 Å². The highest BCUT2D eigenvalue weighted by Crippen LogP contribution is 2.27.